The number of carbonyl (C=O) groups is 1. The number of fused-ring (bicyclic) bond motifs is 1. The van der Waals surface area contributed by atoms with Crippen LogP contribution in [0, 0.1) is 5.92 Å². The van der Waals surface area contributed by atoms with Gasteiger partial charge in [0, 0.05) is 11.1 Å². The normalized spacial score (nSPS) is 24.7. The van der Waals surface area contributed by atoms with Crippen LogP contribution >= 0.6 is 11.6 Å². The topological polar surface area (TPSA) is 63.3 Å². The summed E-state index contributed by atoms with van der Waals surface area (Å²) < 4.78 is 0. The first-order chi connectivity index (χ1) is 7.08. The van der Waals surface area contributed by atoms with Crippen LogP contribution in [0.2, 0.25) is 5.02 Å². The standard InChI is InChI=1S/C11H12ClNO2/c12-8-2-1-6-3-7(11(14)15)4-10(13)9(6)5-8/h1-2,5,7,10H,3-4,13H2,(H,14,15)/t7-,10-/m0/s1. The van der Waals surface area contributed by atoms with E-state index in [4.69, 9.17) is 22.4 Å². The summed E-state index contributed by atoms with van der Waals surface area (Å²) in [4.78, 5) is 10.9. The number of nitrogens with two attached hydrogens (primary N) is 1. The number of rotatable bonds is 1. The third-order valence-corrected chi connectivity index (χ3v) is 3.10. The lowest BCUT2D eigenvalue weighted by atomic mass is 9.81. The molecule has 15 heavy (non-hydrogen) atoms. The highest BCUT2D eigenvalue weighted by atomic mass is 35.5. The van der Waals surface area contributed by atoms with E-state index in [2.05, 4.69) is 0 Å². The highest BCUT2D eigenvalue weighted by Gasteiger charge is 2.28. The highest BCUT2D eigenvalue weighted by Crippen LogP contribution is 2.33. The van der Waals surface area contributed by atoms with Gasteiger partial charge in [-0.25, -0.2) is 0 Å². The minimum atomic E-state index is -0.772. The number of benzene rings is 1. The smallest absolute Gasteiger partial charge is 0.306 e. The van der Waals surface area contributed by atoms with Gasteiger partial charge in [-0.05, 0) is 36.1 Å². The van der Waals surface area contributed by atoms with Gasteiger partial charge in [0.15, 0.2) is 0 Å². The van der Waals surface area contributed by atoms with Gasteiger partial charge < -0.3 is 10.8 Å². The molecule has 2 atom stereocenters. The lowest BCUT2D eigenvalue weighted by molar-refractivity contribution is -0.142. The molecule has 1 aromatic carbocycles. The van der Waals surface area contributed by atoms with Crippen molar-refractivity contribution in [3.63, 3.8) is 0 Å². The molecule has 0 heterocycles. The molecule has 0 unspecified atom stereocenters. The Hall–Kier alpha value is -1.06. The number of hydrogen-bond acceptors (Lipinski definition) is 2. The summed E-state index contributed by atoms with van der Waals surface area (Å²) in [6.07, 6.45) is 1.04. The fourth-order valence-electron chi connectivity index (χ4n) is 2.07. The van der Waals surface area contributed by atoms with Crippen LogP contribution in [0.3, 0.4) is 0 Å². The maximum Gasteiger partial charge on any atom is 0.306 e. The maximum atomic E-state index is 10.9. The van der Waals surface area contributed by atoms with Crippen LogP contribution in [0.15, 0.2) is 18.2 Å². The van der Waals surface area contributed by atoms with Crippen molar-refractivity contribution in [2.75, 3.05) is 0 Å². The molecule has 0 spiro atoms. The molecule has 0 fully saturated rings. The first kappa shape index (κ1) is 10.5. The average Bonchev–Trinajstić information content (AvgIpc) is 2.18. The van der Waals surface area contributed by atoms with E-state index in [1.165, 1.54) is 0 Å². The largest absolute Gasteiger partial charge is 0.481 e. The summed E-state index contributed by atoms with van der Waals surface area (Å²) in [6, 6.07) is 5.26. The van der Waals surface area contributed by atoms with Crippen LogP contribution < -0.4 is 5.73 Å². The Morgan fingerprint density at radius 3 is 2.93 bits per heavy atom. The number of hydrogen-bond donors (Lipinski definition) is 2. The zero-order valence-corrected chi connectivity index (χ0v) is 8.87. The number of aliphatic carboxylic acids is 1. The van der Waals surface area contributed by atoms with Crippen LogP contribution in [0.5, 0.6) is 0 Å². The summed E-state index contributed by atoms with van der Waals surface area (Å²) in [5.41, 5.74) is 7.91. The van der Waals surface area contributed by atoms with Gasteiger partial charge in [-0.2, -0.15) is 0 Å². The molecule has 0 radical (unpaired) electrons. The molecule has 0 saturated heterocycles. The van der Waals surface area contributed by atoms with Crippen LogP contribution in [-0.4, -0.2) is 11.1 Å². The second kappa shape index (κ2) is 3.83. The molecule has 4 heteroatoms. The number of carboxylic acids is 1. The Morgan fingerprint density at radius 2 is 2.27 bits per heavy atom. The first-order valence-electron chi connectivity index (χ1n) is 4.84. The molecule has 1 aliphatic carbocycles. The SMILES string of the molecule is N[C@H]1C[C@@H](C(=O)O)Cc2ccc(Cl)cc21. The van der Waals surface area contributed by atoms with Crippen LogP contribution in [0.1, 0.15) is 23.6 Å². The fraction of sp³-hybridized carbons (Fsp3) is 0.364. The predicted octanol–water partition coefficient (Wildman–Crippen LogP) is 1.99. The van der Waals surface area contributed by atoms with Crippen LogP contribution in [0.4, 0.5) is 0 Å². The quantitative estimate of drug-likeness (QED) is 0.768. The molecular weight excluding hydrogens is 214 g/mol. The zero-order chi connectivity index (χ0) is 11.0. The first-order valence-corrected chi connectivity index (χ1v) is 5.22. The van der Waals surface area contributed by atoms with Crippen molar-refractivity contribution in [2.45, 2.75) is 18.9 Å². The Bertz CT molecular complexity index is 406. The van der Waals surface area contributed by atoms with Crippen LogP contribution in [-0.2, 0) is 11.2 Å². The predicted molar refractivity (Wildman–Crippen MR) is 57.8 cm³/mol. The maximum absolute atomic E-state index is 10.9. The van der Waals surface area contributed by atoms with Crippen molar-refractivity contribution in [1.29, 1.82) is 0 Å². The summed E-state index contributed by atoms with van der Waals surface area (Å²) in [7, 11) is 0. The number of halogens is 1. The van der Waals surface area contributed by atoms with Gasteiger partial charge in [-0.1, -0.05) is 17.7 Å². The van der Waals surface area contributed by atoms with E-state index in [-0.39, 0.29) is 12.0 Å². The van der Waals surface area contributed by atoms with E-state index in [0.29, 0.717) is 17.9 Å². The summed E-state index contributed by atoms with van der Waals surface area (Å²) >= 11 is 5.87. The van der Waals surface area contributed by atoms with Gasteiger partial charge in [-0.3, -0.25) is 4.79 Å². The van der Waals surface area contributed by atoms with Crippen molar-refractivity contribution in [3.05, 3.63) is 34.3 Å². The lowest BCUT2D eigenvalue weighted by Gasteiger charge is -2.27. The second-order valence-corrected chi connectivity index (χ2v) is 4.36. The third kappa shape index (κ3) is 1.98. The lowest BCUT2D eigenvalue weighted by Crippen LogP contribution is -2.28. The molecule has 2 rings (SSSR count). The summed E-state index contributed by atoms with van der Waals surface area (Å²) in [5, 5.41) is 9.61. The van der Waals surface area contributed by atoms with Crippen molar-refractivity contribution >= 4 is 17.6 Å². The van der Waals surface area contributed by atoms with E-state index < -0.39 is 5.97 Å². The third-order valence-electron chi connectivity index (χ3n) is 2.86. The van der Waals surface area contributed by atoms with Gasteiger partial charge in [0.05, 0.1) is 5.92 Å². The van der Waals surface area contributed by atoms with Crippen LogP contribution in [0.25, 0.3) is 0 Å². The van der Waals surface area contributed by atoms with E-state index in [1.807, 2.05) is 12.1 Å². The Morgan fingerprint density at radius 1 is 1.53 bits per heavy atom. The van der Waals surface area contributed by atoms with Gasteiger partial charge in [-0.15, -0.1) is 0 Å². The molecule has 0 aliphatic heterocycles. The molecule has 0 amide bonds. The second-order valence-electron chi connectivity index (χ2n) is 3.92. The van der Waals surface area contributed by atoms with E-state index in [1.54, 1.807) is 6.07 Å². The Balaban J connectivity index is 2.36. The monoisotopic (exact) mass is 225 g/mol. The van der Waals surface area contributed by atoms with Crippen molar-refractivity contribution in [2.24, 2.45) is 11.7 Å². The van der Waals surface area contributed by atoms with E-state index in [9.17, 15) is 4.79 Å². The molecule has 3 N–H and O–H groups in total. The van der Waals surface area contributed by atoms with Crippen molar-refractivity contribution in [1.82, 2.24) is 0 Å². The van der Waals surface area contributed by atoms with Gasteiger partial charge in [0.1, 0.15) is 0 Å². The van der Waals surface area contributed by atoms with Crippen molar-refractivity contribution < 1.29 is 9.90 Å². The van der Waals surface area contributed by atoms with E-state index in [0.717, 1.165) is 11.1 Å². The molecule has 1 aromatic rings. The minimum absolute atomic E-state index is 0.214. The summed E-state index contributed by atoms with van der Waals surface area (Å²) in [5.74, 6) is -1.14. The average molecular weight is 226 g/mol. The molecular formula is C11H12ClNO2. The number of carboxylic acid groups (broad SMARTS) is 1. The molecule has 80 valence electrons. The summed E-state index contributed by atoms with van der Waals surface area (Å²) in [6.45, 7) is 0. The van der Waals surface area contributed by atoms with Crippen molar-refractivity contribution in [3.8, 4) is 0 Å². The Labute approximate surface area is 92.8 Å². The molecule has 0 bridgehead atoms. The molecule has 1 aliphatic rings. The highest BCUT2D eigenvalue weighted by molar-refractivity contribution is 6.30. The molecule has 0 saturated carbocycles. The van der Waals surface area contributed by atoms with Gasteiger partial charge in [0.2, 0.25) is 0 Å². The Kier molecular flexibility index (Phi) is 2.67. The fourth-order valence-corrected chi connectivity index (χ4v) is 2.25. The zero-order valence-electron chi connectivity index (χ0n) is 8.11. The minimum Gasteiger partial charge on any atom is -0.481 e. The molecule has 0 aromatic heterocycles. The molecule has 3 nitrogen and oxygen atoms in total. The van der Waals surface area contributed by atoms with Gasteiger partial charge >= 0.3 is 5.97 Å². The van der Waals surface area contributed by atoms with Gasteiger partial charge in [0.25, 0.3) is 0 Å². The van der Waals surface area contributed by atoms with E-state index >= 15 is 0 Å².